The van der Waals surface area contributed by atoms with Gasteiger partial charge in [0.15, 0.2) is 0 Å². The highest BCUT2D eigenvalue weighted by Gasteiger charge is 2.26. The normalized spacial score (nSPS) is 16.0. The average molecular weight is 479 g/mol. The minimum atomic E-state index is -3.51. The SMILES string of the molecule is CC(C)(C)c1nc(CSc2nnc(-c3cccc(S(=O)(=O)N4CCCCC4)c3)o2)cs1. The third-order valence-electron chi connectivity index (χ3n) is 4.98. The van der Waals surface area contributed by atoms with Crippen LogP contribution < -0.4 is 0 Å². The number of aromatic nitrogens is 3. The molecule has 0 N–H and O–H groups in total. The van der Waals surface area contributed by atoms with Crippen molar-refractivity contribution in [3.05, 3.63) is 40.3 Å². The Labute approximate surface area is 191 Å². The summed E-state index contributed by atoms with van der Waals surface area (Å²) < 4.78 is 33.3. The van der Waals surface area contributed by atoms with Crippen molar-refractivity contribution in [2.45, 2.75) is 61.3 Å². The van der Waals surface area contributed by atoms with E-state index in [0.29, 0.717) is 35.5 Å². The summed E-state index contributed by atoms with van der Waals surface area (Å²) in [6, 6.07) is 6.73. The molecule has 0 radical (unpaired) electrons. The smallest absolute Gasteiger partial charge is 0.277 e. The number of thiazole rings is 1. The molecule has 1 aliphatic heterocycles. The van der Waals surface area contributed by atoms with Gasteiger partial charge in [-0.3, -0.25) is 0 Å². The summed E-state index contributed by atoms with van der Waals surface area (Å²) in [5.41, 5.74) is 1.61. The Morgan fingerprint density at radius 1 is 1.16 bits per heavy atom. The Morgan fingerprint density at radius 2 is 1.94 bits per heavy atom. The lowest BCUT2D eigenvalue weighted by atomic mass is 9.98. The van der Waals surface area contributed by atoms with Gasteiger partial charge in [-0.25, -0.2) is 13.4 Å². The van der Waals surface area contributed by atoms with Gasteiger partial charge in [-0.15, -0.1) is 21.5 Å². The van der Waals surface area contributed by atoms with Crippen LogP contribution in [0.5, 0.6) is 0 Å². The Bertz CT molecular complexity index is 1140. The first-order chi connectivity index (χ1) is 14.7. The number of hydrogen-bond acceptors (Lipinski definition) is 8. The van der Waals surface area contributed by atoms with Gasteiger partial charge in [-0.2, -0.15) is 4.31 Å². The van der Waals surface area contributed by atoms with Crippen molar-refractivity contribution in [2.75, 3.05) is 13.1 Å². The molecule has 31 heavy (non-hydrogen) atoms. The summed E-state index contributed by atoms with van der Waals surface area (Å²) in [7, 11) is -3.51. The number of hydrogen-bond donors (Lipinski definition) is 0. The van der Waals surface area contributed by atoms with Gasteiger partial charge >= 0.3 is 0 Å². The summed E-state index contributed by atoms with van der Waals surface area (Å²) in [4.78, 5) is 4.94. The molecule has 0 atom stereocenters. The molecule has 2 aromatic heterocycles. The van der Waals surface area contributed by atoms with Gasteiger partial charge in [0.1, 0.15) is 0 Å². The van der Waals surface area contributed by atoms with E-state index in [9.17, 15) is 8.42 Å². The van der Waals surface area contributed by atoms with Crippen LogP contribution in [0.2, 0.25) is 0 Å². The van der Waals surface area contributed by atoms with Crippen LogP contribution in [0.3, 0.4) is 0 Å². The lowest BCUT2D eigenvalue weighted by molar-refractivity contribution is 0.346. The zero-order chi connectivity index (χ0) is 22.1. The third kappa shape index (κ3) is 5.19. The fourth-order valence-electron chi connectivity index (χ4n) is 3.28. The lowest BCUT2D eigenvalue weighted by Crippen LogP contribution is -2.35. The first-order valence-corrected chi connectivity index (χ1v) is 13.6. The van der Waals surface area contributed by atoms with Crippen LogP contribution in [0.25, 0.3) is 11.5 Å². The largest absolute Gasteiger partial charge is 0.411 e. The Hall–Kier alpha value is -1.75. The highest BCUT2D eigenvalue weighted by atomic mass is 32.2. The van der Waals surface area contributed by atoms with Gasteiger partial charge in [0.2, 0.25) is 15.9 Å². The molecule has 1 aliphatic rings. The van der Waals surface area contributed by atoms with Gasteiger partial charge in [-0.05, 0) is 31.0 Å². The second-order valence-electron chi connectivity index (χ2n) is 8.55. The fourth-order valence-corrected chi connectivity index (χ4v) is 6.51. The zero-order valence-corrected chi connectivity index (χ0v) is 20.3. The number of rotatable bonds is 6. The van der Waals surface area contributed by atoms with Gasteiger partial charge < -0.3 is 4.42 Å². The van der Waals surface area contributed by atoms with Crippen molar-refractivity contribution in [3.63, 3.8) is 0 Å². The van der Waals surface area contributed by atoms with Crippen molar-refractivity contribution < 1.29 is 12.8 Å². The van der Waals surface area contributed by atoms with E-state index in [1.165, 1.54) is 11.8 Å². The number of nitrogens with zero attached hydrogens (tertiary/aromatic N) is 4. The molecular weight excluding hydrogens is 452 g/mol. The summed E-state index contributed by atoms with van der Waals surface area (Å²) in [5, 5.41) is 11.8. The molecule has 166 valence electrons. The molecule has 1 saturated heterocycles. The van der Waals surface area contributed by atoms with E-state index in [4.69, 9.17) is 4.42 Å². The van der Waals surface area contributed by atoms with Gasteiger partial charge in [0.05, 0.1) is 15.6 Å². The molecule has 0 amide bonds. The van der Waals surface area contributed by atoms with Crippen molar-refractivity contribution in [1.29, 1.82) is 0 Å². The molecule has 1 aromatic carbocycles. The number of thioether (sulfide) groups is 1. The van der Waals surface area contributed by atoms with Gasteiger partial charge in [0.25, 0.3) is 5.22 Å². The van der Waals surface area contributed by atoms with Crippen LogP contribution in [0.15, 0.2) is 44.2 Å². The van der Waals surface area contributed by atoms with E-state index in [-0.39, 0.29) is 10.3 Å². The molecule has 7 nitrogen and oxygen atoms in total. The quantitative estimate of drug-likeness (QED) is 0.463. The van der Waals surface area contributed by atoms with Gasteiger partial charge in [0, 0.05) is 35.2 Å². The Kier molecular flexibility index (Phi) is 6.52. The molecule has 4 rings (SSSR count). The average Bonchev–Trinajstić information content (AvgIpc) is 3.43. The van der Waals surface area contributed by atoms with Crippen LogP contribution in [0, 0.1) is 0 Å². The minimum absolute atomic E-state index is 0.0325. The molecule has 10 heteroatoms. The maximum absolute atomic E-state index is 13.0. The van der Waals surface area contributed by atoms with Crippen molar-refractivity contribution >= 4 is 33.1 Å². The first kappa shape index (κ1) is 22.4. The fraction of sp³-hybridized carbons (Fsp3) is 0.476. The summed E-state index contributed by atoms with van der Waals surface area (Å²) in [5.74, 6) is 0.948. The van der Waals surface area contributed by atoms with Crippen LogP contribution in [0.1, 0.15) is 50.7 Å². The van der Waals surface area contributed by atoms with Gasteiger partial charge in [-0.1, -0.05) is 45.0 Å². The zero-order valence-electron chi connectivity index (χ0n) is 17.9. The standard InChI is InChI=1S/C21H26N4O3S3/c1-21(2,3)19-22-16(13-29-19)14-30-20-24-23-18(28-20)15-8-7-9-17(12-15)31(26,27)25-10-5-4-6-11-25/h7-9,12-13H,4-6,10-11,14H2,1-3H3. The molecule has 1 fully saturated rings. The van der Waals surface area contributed by atoms with E-state index in [1.807, 2.05) is 0 Å². The summed E-state index contributed by atoms with van der Waals surface area (Å²) >= 11 is 3.08. The predicted molar refractivity (Wildman–Crippen MR) is 123 cm³/mol. The maximum Gasteiger partial charge on any atom is 0.277 e. The second-order valence-corrected chi connectivity index (χ2v) is 12.3. The summed E-state index contributed by atoms with van der Waals surface area (Å²) in [6.07, 6.45) is 2.88. The van der Waals surface area contributed by atoms with Crippen LogP contribution in [-0.2, 0) is 21.2 Å². The number of piperidine rings is 1. The highest BCUT2D eigenvalue weighted by Crippen LogP contribution is 2.30. The predicted octanol–water partition coefficient (Wildman–Crippen LogP) is 4.96. The maximum atomic E-state index is 13.0. The highest BCUT2D eigenvalue weighted by molar-refractivity contribution is 7.98. The third-order valence-corrected chi connectivity index (χ3v) is 9.04. The first-order valence-electron chi connectivity index (χ1n) is 10.3. The van der Waals surface area contributed by atoms with Crippen molar-refractivity contribution in [1.82, 2.24) is 19.5 Å². The molecule has 0 unspecified atom stereocenters. The minimum Gasteiger partial charge on any atom is -0.411 e. The monoisotopic (exact) mass is 478 g/mol. The van der Waals surface area contributed by atoms with E-state index in [1.54, 1.807) is 39.9 Å². The lowest BCUT2D eigenvalue weighted by Gasteiger charge is -2.25. The molecule has 0 aliphatic carbocycles. The molecule has 3 heterocycles. The second kappa shape index (κ2) is 9.01. The number of benzene rings is 1. The van der Waals surface area contributed by atoms with Crippen LogP contribution in [-0.4, -0.2) is 41.0 Å². The molecule has 0 spiro atoms. The molecule has 3 aromatic rings. The number of sulfonamides is 1. The van der Waals surface area contributed by atoms with E-state index >= 15 is 0 Å². The topological polar surface area (TPSA) is 89.2 Å². The molecule has 0 saturated carbocycles. The van der Waals surface area contributed by atoms with Crippen molar-refractivity contribution in [2.24, 2.45) is 0 Å². The van der Waals surface area contributed by atoms with Crippen LogP contribution in [0.4, 0.5) is 0 Å². The van der Waals surface area contributed by atoms with E-state index in [0.717, 1.165) is 30.0 Å². The Morgan fingerprint density at radius 3 is 2.65 bits per heavy atom. The van der Waals surface area contributed by atoms with E-state index in [2.05, 4.69) is 41.3 Å². The van der Waals surface area contributed by atoms with Crippen LogP contribution >= 0.6 is 23.1 Å². The molecule has 0 bridgehead atoms. The summed E-state index contributed by atoms with van der Waals surface area (Å²) in [6.45, 7) is 7.58. The van der Waals surface area contributed by atoms with E-state index < -0.39 is 10.0 Å². The Balaban J connectivity index is 1.46. The molecular formula is C21H26N4O3S3. The van der Waals surface area contributed by atoms with Crippen molar-refractivity contribution in [3.8, 4) is 11.5 Å².